The van der Waals surface area contributed by atoms with Crippen LogP contribution in [0.25, 0.3) is 0 Å². The van der Waals surface area contributed by atoms with Gasteiger partial charge in [0.2, 0.25) is 15.9 Å². The molecule has 27 heavy (non-hydrogen) atoms. The van der Waals surface area contributed by atoms with Gasteiger partial charge in [-0.2, -0.15) is 4.31 Å². The molecule has 1 saturated heterocycles. The lowest BCUT2D eigenvalue weighted by molar-refractivity contribution is -0.121. The summed E-state index contributed by atoms with van der Waals surface area (Å²) < 4.78 is 26.9. The van der Waals surface area contributed by atoms with Crippen molar-refractivity contribution in [2.24, 2.45) is 11.8 Å². The van der Waals surface area contributed by atoms with Crippen molar-refractivity contribution in [2.75, 3.05) is 19.6 Å². The van der Waals surface area contributed by atoms with Gasteiger partial charge in [0.1, 0.15) is 0 Å². The Bertz CT molecular complexity index is 691. The van der Waals surface area contributed by atoms with Crippen molar-refractivity contribution in [2.45, 2.75) is 62.7 Å². The summed E-state index contributed by atoms with van der Waals surface area (Å²) in [6.45, 7) is 1.92. The molecular weight excluding hydrogens is 360 g/mol. The lowest BCUT2D eigenvalue weighted by atomic mass is 9.89. The zero-order chi connectivity index (χ0) is 19.1. The maximum atomic E-state index is 12.7. The van der Waals surface area contributed by atoms with Crippen molar-refractivity contribution in [1.29, 1.82) is 0 Å². The third kappa shape index (κ3) is 5.79. The van der Waals surface area contributed by atoms with E-state index >= 15 is 0 Å². The molecule has 0 radical (unpaired) electrons. The van der Waals surface area contributed by atoms with E-state index in [1.165, 1.54) is 32.1 Å². The Labute approximate surface area is 163 Å². The largest absolute Gasteiger partial charge is 0.356 e. The quantitative estimate of drug-likeness (QED) is 0.771. The minimum absolute atomic E-state index is 0.153. The predicted molar refractivity (Wildman–Crippen MR) is 107 cm³/mol. The minimum atomic E-state index is -3.38. The summed E-state index contributed by atoms with van der Waals surface area (Å²) in [7, 11) is -3.38. The summed E-state index contributed by atoms with van der Waals surface area (Å²) in [5, 5.41) is 3.10. The number of amides is 1. The van der Waals surface area contributed by atoms with E-state index in [0.717, 1.165) is 25.8 Å². The Hall–Kier alpha value is -1.40. The fourth-order valence-electron chi connectivity index (χ4n) is 4.25. The second kappa shape index (κ2) is 9.69. The predicted octanol–water partition coefficient (Wildman–Crippen LogP) is 3.56. The third-order valence-corrected chi connectivity index (χ3v) is 7.96. The molecule has 0 unspecified atom stereocenters. The second-order valence-electron chi connectivity index (χ2n) is 8.01. The number of carbonyl (C=O) groups is 1. The molecule has 1 N–H and O–H groups in total. The maximum Gasteiger partial charge on any atom is 0.243 e. The van der Waals surface area contributed by atoms with Crippen LogP contribution in [0.3, 0.4) is 0 Å². The first-order chi connectivity index (χ1) is 13.1. The van der Waals surface area contributed by atoms with Crippen LogP contribution in [0.2, 0.25) is 0 Å². The van der Waals surface area contributed by atoms with E-state index in [4.69, 9.17) is 0 Å². The van der Waals surface area contributed by atoms with E-state index in [9.17, 15) is 13.2 Å². The number of carbonyl (C=O) groups excluding carboxylic acids is 1. The first-order valence-corrected chi connectivity index (χ1v) is 11.8. The molecule has 0 bridgehead atoms. The van der Waals surface area contributed by atoms with Gasteiger partial charge in [0.05, 0.1) is 4.90 Å². The maximum absolute atomic E-state index is 12.7. The molecule has 1 aliphatic heterocycles. The fraction of sp³-hybridized carbons (Fsp3) is 0.667. The first-order valence-electron chi connectivity index (χ1n) is 10.4. The van der Waals surface area contributed by atoms with Gasteiger partial charge in [-0.3, -0.25) is 4.79 Å². The van der Waals surface area contributed by atoms with Crippen LogP contribution in [0.15, 0.2) is 35.2 Å². The van der Waals surface area contributed by atoms with Crippen molar-refractivity contribution in [3.8, 4) is 0 Å². The van der Waals surface area contributed by atoms with E-state index in [1.807, 2.05) is 6.07 Å². The van der Waals surface area contributed by atoms with E-state index in [2.05, 4.69) is 5.32 Å². The summed E-state index contributed by atoms with van der Waals surface area (Å²) in [6.07, 6.45) is 9.50. The summed E-state index contributed by atoms with van der Waals surface area (Å²) in [5.74, 6) is 1.25. The van der Waals surface area contributed by atoms with Crippen LogP contribution in [0.4, 0.5) is 0 Å². The molecule has 5 nitrogen and oxygen atoms in total. The van der Waals surface area contributed by atoms with Crippen LogP contribution in [-0.2, 0) is 14.8 Å². The second-order valence-corrected chi connectivity index (χ2v) is 9.95. The topological polar surface area (TPSA) is 66.5 Å². The molecule has 1 amide bonds. The van der Waals surface area contributed by atoms with Crippen LogP contribution in [-0.4, -0.2) is 38.3 Å². The van der Waals surface area contributed by atoms with Gasteiger partial charge in [0.25, 0.3) is 0 Å². The minimum Gasteiger partial charge on any atom is -0.356 e. The Kier molecular flexibility index (Phi) is 7.30. The Balaban J connectivity index is 1.37. The zero-order valence-corrected chi connectivity index (χ0v) is 16.9. The highest BCUT2D eigenvalue weighted by Gasteiger charge is 2.29. The Morgan fingerprint density at radius 2 is 1.63 bits per heavy atom. The molecule has 3 rings (SSSR count). The smallest absolute Gasteiger partial charge is 0.243 e. The van der Waals surface area contributed by atoms with Gasteiger partial charge in [-0.25, -0.2) is 8.42 Å². The molecule has 2 fully saturated rings. The van der Waals surface area contributed by atoms with Crippen molar-refractivity contribution >= 4 is 15.9 Å². The van der Waals surface area contributed by atoms with Gasteiger partial charge in [-0.1, -0.05) is 37.5 Å². The van der Waals surface area contributed by atoms with E-state index in [0.29, 0.717) is 36.2 Å². The van der Waals surface area contributed by atoms with Crippen molar-refractivity contribution in [3.05, 3.63) is 30.3 Å². The van der Waals surface area contributed by atoms with Gasteiger partial charge in [0, 0.05) is 26.1 Å². The first kappa shape index (κ1) is 20.3. The van der Waals surface area contributed by atoms with Crippen LogP contribution < -0.4 is 5.32 Å². The zero-order valence-electron chi connectivity index (χ0n) is 16.1. The normalized spacial score (nSPS) is 20.4. The Morgan fingerprint density at radius 3 is 2.30 bits per heavy atom. The van der Waals surface area contributed by atoms with Crippen LogP contribution >= 0.6 is 0 Å². The van der Waals surface area contributed by atoms with E-state index < -0.39 is 10.0 Å². The number of sulfonamides is 1. The summed E-state index contributed by atoms with van der Waals surface area (Å²) in [6, 6.07) is 8.64. The molecule has 1 aromatic carbocycles. The average Bonchev–Trinajstić information content (AvgIpc) is 2.72. The van der Waals surface area contributed by atoms with Crippen LogP contribution in [0.1, 0.15) is 57.8 Å². The lowest BCUT2D eigenvalue weighted by Crippen LogP contribution is -2.38. The molecule has 1 aliphatic carbocycles. The van der Waals surface area contributed by atoms with Crippen molar-refractivity contribution in [1.82, 2.24) is 9.62 Å². The molecule has 1 saturated carbocycles. The van der Waals surface area contributed by atoms with E-state index in [-0.39, 0.29) is 5.91 Å². The summed E-state index contributed by atoms with van der Waals surface area (Å²) in [4.78, 5) is 12.5. The van der Waals surface area contributed by atoms with Gasteiger partial charge in [-0.05, 0) is 56.1 Å². The lowest BCUT2D eigenvalue weighted by Gasteiger charge is -2.31. The standard InChI is InChI=1S/C21H32N2O3S/c24-21(22-17-19-7-3-1-4-8-19)12-11-18-13-15-23(16-14-18)27(25,26)20-9-5-2-6-10-20/h2,5-6,9-10,18-19H,1,3-4,7-8,11-17H2,(H,22,24). The molecular formula is C21H32N2O3S. The van der Waals surface area contributed by atoms with Gasteiger partial charge >= 0.3 is 0 Å². The number of hydrogen-bond acceptors (Lipinski definition) is 3. The molecule has 1 aromatic rings. The molecule has 0 atom stereocenters. The molecule has 2 aliphatic rings. The number of hydrogen-bond donors (Lipinski definition) is 1. The highest BCUT2D eigenvalue weighted by Crippen LogP contribution is 2.26. The SMILES string of the molecule is O=C(CCC1CCN(S(=O)(=O)c2ccccc2)CC1)NCC1CCCCC1. The number of nitrogens with zero attached hydrogens (tertiary/aromatic N) is 1. The van der Waals surface area contributed by atoms with Gasteiger partial charge in [0.15, 0.2) is 0 Å². The number of rotatable bonds is 7. The van der Waals surface area contributed by atoms with E-state index in [1.54, 1.807) is 28.6 Å². The van der Waals surface area contributed by atoms with Crippen LogP contribution in [0.5, 0.6) is 0 Å². The van der Waals surface area contributed by atoms with Gasteiger partial charge in [-0.15, -0.1) is 0 Å². The summed E-state index contributed by atoms with van der Waals surface area (Å²) in [5.41, 5.74) is 0. The fourth-order valence-corrected chi connectivity index (χ4v) is 5.74. The highest BCUT2D eigenvalue weighted by atomic mass is 32.2. The summed E-state index contributed by atoms with van der Waals surface area (Å²) >= 11 is 0. The molecule has 150 valence electrons. The molecule has 0 aromatic heterocycles. The van der Waals surface area contributed by atoms with Crippen molar-refractivity contribution < 1.29 is 13.2 Å². The molecule has 1 heterocycles. The molecule has 6 heteroatoms. The van der Waals surface area contributed by atoms with Crippen molar-refractivity contribution in [3.63, 3.8) is 0 Å². The number of piperidine rings is 1. The monoisotopic (exact) mass is 392 g/mol. The third-order valence-electron chi connectivity index (χ3n) is 6.05. The number of benzene rings is 1. The van der Waals surface area contributed by atoms with Gasteiger partial charge < -0.3 is 5.32 Å². The molecule has 0 spiro atoms. The average molecular weight is 393 g/mol. The van der Waals surface area contributed by atoms with Crippen LogP contribution in [0, 0.1) is 11.8 Å². The highest BCUT2D eigenvalue weighted by molar-refractivity contribution is 7.89. The number of nitrogens with one attached hydrogen (secondary N) is 1. The Morgan fingerprint density at radius 1 is 0.963 bits per heavy atom.